The first-order valence-electron chi connectivity index (χ1n) is 4.43. The monoisotopic (exact) mass is 224 g/mol. The lowest BCUT2D eigenvalue weighted by molar-refractivity contribution is -0.117. The summed E-state index contributed by atoms with van der Waals surface area (Å²) in [6.45, 7) is 5.72. The van der Waals surface area contributed by atoms with Crippen LogP contribution >= 0.6 is 7.60 Å². The molecule has 0 aromatic heterocycles. The van der Waals surface area contributed by atoms with Gasteiger partial charge in [0.15, 0.2) is 0 Å². The van der Waals surface area contributed by atoms with Gasteiger partial charge in [-0.05, 0) is 27.7 Å². The highest BCUT2D eigenvalue weighted by molar-refractivity contribution is 7.71. The van der Waals surface area contributed by atoms with E-state index in [9.17, 15) is 9.36 Å². The van der Waals surface area contributed by atoms with E-state index < -0.39 is 31.9 Å². The molecule has 1 N–H and O–H groups in total. The van der Waals surface area contributed by atoms with Crippen molar-refractivity contribution >= 4 is 13.1 Å². The molecule has 14 heavy (non-hydrogen) atoms. The Kier molecular flexibility index (Phi) is 5.52. The zero-order valence-electron chi connectivity index (χ0n) is 8.89. The molecule has 0 saturated heterocycles. The van der Waals surface area contributed by atoms with Gasteiger partial charge in [0, 0.05) is 0 Å². The Morgan fingerprint density at radius 3 is 1.79 bits per heavy atom. The van der Waals surface area contributed by atoms with Crippen molar-refractivity contribution in [2.45, 2.75) is 39.9 Å². The molecule has 0 saturated carbocycles. The third kappa shape index (κ3) is 4.33. The van der Waals surface area contributed by atoms with Gasteiger partial charge in [0.25, 0.3) is 5.52 Å². The molecule has 0 spiro atoms. The number of rotatable bonds is 6. The molecule has 0 aliphatic heterocycles. The minimum absolute atomic E-state index is 0.393. The van der Waals surface area contributed by atoms with E-state index in [1.807, 2.05) is 0 Å². The maximum atomic E-state index is 11.8. The predicted octanol–water partition coefficient (Wildman–Crippen LogP) is 1.55. The van der Waals surface area contributed by atoms with Crippen molar-refractivity contribution in [3.05, 3.63) is 0 Å². The maximum Gasteiger partial charge on any atom is 0.399 e. The molecule has 0 fully saturated rings. The molecule has 0 heterocycles. The minimum Gasteiger partial charge on any atom is -0.388 e. The van der Waals surface area contributed by atoms with Crippen LogP contribution in [0.25, 0.3) is 0 Å². The number of aliphatic hydroxyl groups is 1. The topological polar surface area (TPSA) is 72.8 Å². The molecule has 84 valence electrons. The van der Waals surface area contributed by atoms with Crippen LogP contribution in [0.15, 0.2) is 0 Å². The summed E-state index contributed by atoms with van der Waals surface area (Å²) < 4.78 is 21.7. The number of hydrogen-bond acceptors (Lipinski definition) is 5. The van der Waals surface area contributed by atoms with Crippen LogP contribution in [0.2, 0.25) is 0 Å². The van der Waals surface area contributed by atoms with Crippen LogP contribution in [0.3, 0.4) is 0 Å². The predicted molar refractivity (Wildman–Crippen MR) is 52.1 cm³/mol. The van der Waals surface area contributed by atoms with Gasteiger partial charge in [-0.25, -0.2) is 0 Å². The summed E-state index contributed by atoms with van der Waals surface area (Å²) in [4.78, 5) is 11.1. The van der Waals surface area contributed by atoms with E-state index in [2.05, 4.69) is 0 Å². The largest absolute Gasteiger partial charge is 0.399 e. The van der Waals surface area contributed by atoms with Crippen molar-refractivity contribution < 1.29 is 23.5 Å². The molecule has 0 amide bonds. The van der Waals surface area contributed by atoms with Gasteiger partial charge in [-0.1, -0.05) is 0 Å². The van der Waals surface area contributed by atoms with Crippen LogP contribution in [0.5, 0.6) is 0 Å². The molecule has 0 aliphatic carbocycles. The first kappa shape index (κ1) is 13.8. The lowest BCUT2D eigenvalue weighted by atomic mass is 10.5. The average molecular weight is 224 g/mol. The minimum atomic E-state index is -3.81. The Balaban J connectivity index is 4.67. The summed E-state index contributed by atoms with van der Waals surface area (Å²) in [7, 11) is -3.81. The highest BCUT2D eigenvalue weighted by Crippen LogP contribution is 2.50. The number of aliphatic hydroxyl groups excluding tert-OH is 1. The Hall–Kier alpha value is -0.220. The molecule has 0 aromatic carbocycles. The number of hydrogen-bond donors (Lipinski definition) is 1. The van der Waals surface area contributed by atoms with Crippen LogP contribution in [0.1, 0.15) is 27.7 Å². The fourth-order valence-corrected chi connectivity index (χ4v) is 2.35. The van der Waals surface area contributed by atoms with Crippen molar-refractivity contribution in [2.75, 3.05) is 6.61 Å². The van der Waals surface area contributed by atoms with Crippen LogP contribution < -0.4 is 0 Å². The van der Waals surface area contributed by atoms with E-state index in [4.69, 9.17) is 14.2 Å². The van der Waals surface area contributed by atoms with Crippen LogP contribution in [0, 0.1) is 0 Å². The highest BCUT2D eigenvalue weighted by atomic mass is 31.2. The zero-order chi connectivity index (χ0) is 11.4. The van der Waals surface area contributed by atoms with E-state index in [-0.39, 0.29) is 0 Å². The molecular formula is C8H17O5P. The summed E-state index contributed by atoms with van der Waals surface area (Å²) in [5, 5.41) is 8.61. The lowest BCUT2D eigenvalue weighted by Gasteiger charge is -2.20. The Morgan fingerprint density at radius 2 is 1.57 bits per heavy atom. The Labute approximate surface area is 83.9 Å². The summed E-state index contributed by atoms with van der Waals surface area (Å²) in [5.74, 6) is 0. The molecule has 0 atom stereocenters. The first-order chi connectivity index (χ1) is 6.31. The molecule has 0 unspecified atom stereocenters. The van der Waals surface area contributed by atoms with Crippen LogP contribution in [-0.2, 0) is 18.4 Å². The fourth-order valence-electron chi connectivity index (χ4n) is 0.784. The molecule has 6 heteroatoms. The molecule has 0 aromatic rings. The van der Waals surface area contributed by atoms with Gasteiger partial charge in [-0.3, -0.25) is 9.36 Å². The normalized spacial score (nSPS) is 12.5. The fraction of sp³-hybridized carbons (Fsp3) is 0.875. The van der Waals surface area contributed by atoms with Gasteiger partial charge < -0.3 is 14.2 Å². The van der Waals surface area contributed by atoms with Gasteiger partial charge in [-0.2, -0.15) is 0 Å². The van der Waals surface area contributed by atoms with Crippen molar-refractivity contribution in [3.8, 4) is 0 Å². The average Bonchev–Trinajstić information content (AvgIpc) is 1.99. The zero-order valence-corrected chi connectivity index (χ0v) is 9.78. The third-order valence-electron chi connectivity index (χ3n) is 1.14. The second kappa shape index (κ2) is 5.61. The number of carbonyl (C=O) groups excluding carboxylic acids is 1. The van der Waals surface area contributed by atoms with E-state index >= 15 is 0 Å². The Bertz CT molecular complexity index is 222. The summed E-state index contributed by atoms with van der Waals surface area (Å²) in [6, 6.07) is 0. The second-order valence-corrected chi connectivity index (χ2v) is 5.27. The standard InChI is InChI=1S/C8H17O5P/c1-6(2)12-14(11,8(10)5-9)13-7(3)4/h6-7,9H,5H2,1-4H3. The summed E-state index contributed by atoms with van der Waals surface area (Å²) in [6.07, 6.45) is -0.787. The summed E-state index contributed by atoms with van der Waals surface area (Å²) in [5.41, 5.74) is -0.903. The molecule has 0 rings (SSSR count). The summed E-state index contributed by atoms with van der Waals surface area (Å²) >= 11 is 0. The molecule has 0 aliphatic rings. The van der Waals surface area contributed by atoms with Crippen LogP contribution in [-0.4, -0.2) is 29.4 Å². The van der Waals surface area contributed by atoms with Crippen LogP contribution in [0.4, 0.5) is 0 Å². The van der Waals surface area contributed by atoms with E-state index in [0.717, 1.165) is 0 Å². The highest BCUT2D eigenvalue weighted by Gasteiger charge is 2.36. The number of carbonyl (C=O) groups is 1. The van der Waals surface area contributed by atoms with Crippen molar-refractivity contribution in [3.63, 3.8) is 0 Å². The SMILES string of the molecule is CC(C)OP(=O)(OC(C)C)C(=O)CO. The van der Waals surface area contributed by atoms with Crippen molar-refractivity contribution in [1.29, 1.82) is 0 Å². The smallest absolute Gasteiger partial charge is 0.388 e. The molecule has 0 bridgehead atoms. The van der Waals surface area contributed by atoms with Crippen molar-refractivity contribution in [2.24, 2.45) is 0 Å². The van der Waals surface area contributed by atoms with E-state index in [0.29, 0.717) is 0 Å². The maximum absolute atomic E-state index is 11.8. The quantitative estimate of drug-likeness (QED) is 0.693. The lowest BCUT2D eigenvalue weighted by Crippen LogP contribution is -2.16. The van der Waals surface area contributed by atoms with Gasteiger partial charge >= 0.3 is 7.60 Å². The second-order valence-electron chi connectivity index (χ2n) is 3.36. The van der Waals surface area contributed by atoms with Gasteiger partial charge in [-0.15, -0.1) is 0 Å². The molecule has 5 nitrogen and oxygen atoms in total. The third-order valence-corrected chi connectivity index (χ3v) is 3.29. The van der Waals surface area contributed by atoms with E-state index in [1.165, 1.54) is 0 Å². The van der Waals surface area contributed by atoms with Crippen molar-refractivity contribution in [1.82, 2.24) is 0 Å². The van der Waals surface area contributed by atoms with Gasteiger partial charge in [0.1, 0.15) is 6.61 Å². The molecule has 0 radical (unpaired) electrons. The first-order valence-corrected chi connectivity index (χ1v) is 5.97. The molecular weight excluding hydrogens is 207 g/mol. The van der Waals surface area contributed by atoms with Gasteiger partial charge in [0.2, 0.25) is 0 Å². The van der Waals surface area contributed by atoms with Gasteiger partial charge in [0.05, 0.1) is 12.2 Å². The Morgan fingerprint density at radius 1 is 1.21 bits per heavy atom. The van der Waals surface area contributed by atoms with E-state index in [1.54, 1.807) is 27.7 Å².